The van der Waals surface area contributed by atoms with E-state index in [9.17, 15) is 0 Å². The van der Waals surface area contributed by atoms with Gasteiger partial charge in [-0.05, 0) is 41.9 Å². The summed E-state index contributed by atoms with van der Waals surface area (Å²) in [5, 5.41) is 0. The highest BCUT2D eigenvalue weighted by molar-refractivity contribution is 5.67. The van der Waals surface area contributed by atoms with Crippen LogP contribution in [0.2, 0.25) is 0 Å². The zero-order valence-electron chi connectivity index (χ0n) is 21.4. The van der Waals surface area contributed by atoms with Gasteiger partial charge in [-0.25, -0.2) is 9.97 Å². The maximum Gasteiger partial charge on any atom is 0.159 e. The number of rotatable bonds is 15. The van der Waals surface area contributed by atoms with E-state index in [1.165, 1.54) is 74.5 Å². The second kappa shape index (κ2) is 14.6. The van der Waals surface area contributed by atoms with Crippen LogP contribution in [-0.4, -0.2) is 16.6 Å². The van der Waals surface area contributed by atoms with Crippen molar-refractivity contribution in [3.63, 3.8) is 0 Å². The zero-order valence-corrected chi connectivity index (χ0v) is 21.4. The van der Waals surface area contributed by atoms with Gasteiger partial charge in [0.1, 0.15) is 0 Å². The van der Waals surface area contributed by atoms with Crippen LogP contribution in [0.3, 0.4) is 0 Å². The summed E-state index contributed by atoms with van der Waals surface area (Å²) in [6.45, 7) is 7.58. The van der Waals surface area contributed by atoms with Crippen molar-refractivity contribution in [2.45, 2.75) is 85.0 Å². The van der Waals surface area contributed by atoms with E-state index in [0.29, 0.717) is 0 Å². The molecule has 0 saturated heterocycles. The van der Waals surface area contributed by atoms with Crippen LogP contribution >= 0.6 is 0 Å². The Hall–Kier alpha value is -2.68. The van der Waals surface area contributed by atoms with E-state index >= 15 is 0 Å². The fourth-order valence-corrected chi connectivity index (χ4v) is 4.14. The van der Waals surface area contributed by atoms with Crippen molar-refractivity contribution < 1.29 is 4.74 Å². The van der Waals surface area contributed by atoms with Gasteiger partial charge >= 0.3 is 0 Å². The Morgan fingerprint density at radius 3 is 1.97 bits per heavy atom. The van der Waals surface area contributed by atoms with E-state index in [1.54, 1.807) is 12.4 Å². The molecule has 3 heteroatoms. The Bertz CT molecular complexity index is 933. The van der Waals surface area contributed by atoms with Crippen LogP contribution in [0.15, 0.2) is 60.9 Å². The van der Waals surface area contributed by atoms with E-state index in [2.05, 4.69) is 79.3 Å². The maximum absolute atomic E-state index is 5.83. The van der Waals surface area contributed by atoms with Crippen LogP contribution < -0.4 is 4.74 Å². The number of aryl methyl sites for hydroxylation is 1. The van der Waals surface area contributed by atoms with Crippen molar-refractivity contribution in [1.29, 1.82) is 0 Å². The van der Waals surface area contributed by atoms with Gasteiger partial charge in [0, 0.05) is 5.56 Å². The van der Waals surface area contributed by atoms with E-state index in [4.69, 9.17) is 4.74 Å². The molecule has 0 fully saturated rings. The highest BCUT2D eigenvalue weighted by Gasteiger charge is 2.05. The fourth-order valence-electron chi connectivity index (χ4n) is 4.14. The second-order valence-corrected chi connectivity index (χ2v) is 9.54. The predicted octanol–water partition coefficient (Wildman–Crippen LogP) is 8.92. The van der Waals surface area contributed by atoms with E-state index < -0.39 is 0 Å². The Balaban J connectivity index is 1.46. The molecule has 1 aromatic heterocycles. The van der Waals surface area contributed by atoms with E-state index in [-0.39, 0.29) is 0 Å². The lowest BCUT2D eigenvalue weighted by Gasteiger charge is -2.09. The van der Waals surface area contributed by atoms with Gasteiger partial charge in [-0.3, -0.25) is 0 Å². The molecule has 2 aromatic carbocycles. The first-order valence-electron chi connectivity index (χ1n) is 13.3. The first kappa shape index (κ1) is 25.9. The van der Waals surface area contributed by atoms with Gasteiger partial charge < -0.3 is 4.74 Å². The lowest BCUT2D eigenvalue weighted by Crippen LogP contribution is -2.00. The van der Waals surface area contributed by atoms with E-state index in [1.807, 2.05) is 0 Å². The Labute approximate surface area is 207 Å². The molecular formula is C31H42N2O. The van der Waals surface area contributed by atoms with Crippen molar-refractivity contribution in [3.05, 3.63) is 66.5 Å². The summed E-state index contributed by atoms with van der Waals surface area (Å²) in [4.78, 5) is 9.04. The first-order chi connectivity index (χ1) is 16.7. The Kier molecular flexibility index (Phi) is 11.1. The molecule has 1 atom stereocenters. The molecule has 0 amide bonds. The zero-order chi connectivity index (χ0) is 24.0. The van der Waals surface area contributed by atoms with Gasteiger partial charge in [0.05, 0.1) is 19.0 Å². The summed E-state index contributed by atoms with van der Waals surface area (Å²) >= 11 is 0. The predicted molar refractivity (Wildman–Crippen MR) is 144 cm³/mol. The second-order valence-electron chi connectivity index (χ2n) is 9.54. The number of nitrogens with zero attached hydrogens (tertiary/aromatic N) is 2. The number of aromatic nitrogens is 2. The van der Waals surface area contributed by atoms with Crippen molar-refractivity contribution in [1.82, 2.24) is 9.97 Å². The lowest BCUT2D eigenvalue weighted by atomic mass is 10.00. The van der Waals surface area contributed by atoms with Gasteiger partial charge in [-0.15, -0.1) is 0 Å². The van der Waals surface area contributed by atoms with Gasteiger partial charge in [-0.2, -0.15) is 0 Å². The lowest BCUT2D eigenvalue weighted by molar-refractivity contribution is 0.300. The molecule has 1 heterocycles. The molecule has 0 aliphatic rings. The number of hydrogen-bond donors (Lipinski definition) is 0. The largest absolute Gasteiger partial charge is 0.490 e. The molecule has 0 aliphatic heterocycles. The van der Waals surface area contributed by atoms with E-state index in [0.717, 1.165) is 36.1 Å². The van der Waals surface area contributed by atoms with Crippen LogP contribution in [0.4, 0.5) is 0 Å². The quantitative estimate of drug-likeness (QED) is 0.213. The van der Waals surface area contributed by atoms with Crippen molar-refractivity contribution in [2.75, 3.05) is 6.61 Å². The highest BCUT2D eigenvalue weighted by atomic mass is 16.5. The van der Waals surface area contributed by atoms with Gasteiger partial charge in [0.2, 0.25) is 0 Å². The third-order valence-corrected chi connectivity index (χ3v) is 6.68. The average Bonchev–Trinajstić information content (AvgIpc) is 2.89. The number of hydrogen-bond acceptors (Lipinski definition) is 3. The van der Waals surface area contributed by atoms with Crippen LogP contribution in [0.25, 0.3) is 22.5 Å². The summed E-state index contributed by atoms with van der Waals surface area (Å²) in [7, 11) is 0. The Morgan fingerprint density at radius 2 is 1.32 bits per heavy atom. The number of ether oxygens (including phenoxy) is 1. The van der Waals surface area contributed by atoms with Crippen molar-refractivity contribution >= 4 is 0 Å². The standard InChI is InChI=1S/C31H42N2O/c1-4-6-7-10-13-26-14-16-27(17-15-26)28-18-20-29(21-19-28)31-32-23-30(24-33-31)34-22-11-8-9-12-25(3)5-2/h14-21,23-25H,4-13,22H2,1-3H3/t25-/m0/s1. The molecule has 0 spiro atoms. The summed E-state index contributed by atoms with van der Waals surface area (Å²) in [5.74, 6) is 2.31. The highest BCUT2D eigenvalue weighted by Crippen LogP contribution is 2.24. The Morgan fingerprint density at radius 1 is 0.706 bits per heavy atom. The number of unbranched alkanes of at least 4 members (excludes halogenated alkanes) is 5. The third-order valence-electron chi connectivity index (χ3n) is 6.68. The van der Waals surface area contributed by atoms with Crippen LogP contribution in [0, 0.1) is 5.92 Å². The van der Waals surface area contributed by atoms with Crippen LogP contribution in [0.1, 0.15) is 84.1 Å². The molecule has 0 aliphatic carbocycles. The smallest absolute Gasteiger partial charge is 0.159 e. The topological polar surface area (TPSA) is 35.0 Å². The van der Waals surface area contributed by atoms with Gasteiger partial charge in [0.15, 0.2) is 11.6 Å². The molecule has 182 valence electrons. The summed E-state index contributed by atoms with van der Waals surface area (Å²) in [6.07, 6.45) is 16.2. The third kappa shape index (κ3) is 8.59. The summed E-state index contributed by atoms with van der Waals surface area (Å²) in [5.41, 5.74) is 4.92. The molecule has 3 rings (SSSR count). The maximum atomic E-state index is 5.83. The first-order valence-corrected chi connectivity index (χ1v) is 13.3. The molecule has 0 N–H and O–H groups in total. The molecule has 3 nitrogen and oxygen atoms in total. The van der Waals surface area contributed by atoms with Gasteiger partial charge in [-0.1, -0.05) is 114 Å². The molecule has 0 unspecified atom stereocenters. The summed E-state index contributed by atoms with van der Waals surface area (Å²) in [6, 6.07) is 17.5. The average molecular weight is 459 g/mol. The molecule has 0 radical (unpaired) electrons. The molecule has 0 bridgehead atoms. The SMILES string of the molecule is CCCCCCc1ccc(-c2ccc(-c3ncc(OCCCCC[C@@H](C)CC)cn3)cc2)cc1. The minimum atomic E-state index is 0.731. The normalized spacial score (nSPS) is 12.0. The van der Waals surface area contributed by atoms with Crippen LogP contribution in [-0.2, 0) is 6.42 Å². The van der Waals surface area contributed by atoms with Gasteiger partial charge in [0.25, 0.3) is 0 Å². The fraction of sp³-hybridized carbons (Fsp3) is 0.484. The summed E-state index contributed by atoms with van der Waals surface area (Å²) < 4.78 is 5.83. The number of benzene rings is 2. The molecule has 0 saturated carbocycles. The minimum absolute atomic E-state index is 0.731. The molecular weight excluding hydrogens is 416 g/mol. The van der Waals surface area contributed by atoms with Crippen molar-refractivity contribution in [3.8, 4) is 28.3 Å². The van der Waals surface area contributed by atoms with Crippen LogP contribution in [0.5, 0.6) is 5.75 Å². The monoisotopic (exact) mass is 458 g/mol. The molecule has 34 heavy (non-hydrogen) atoms. The minimum Gasteiger partial charge on any atom is -0.490 e. The molecule has 3 aromatic rings. The van der Waals surface area contributed by atoms with Crippen molar-refractivity contribution in [2.24, 2.45) is 5.92 Å².